The highest BCUT2D eigenvalue weighted by Gasteiger charge is 2.30. The molecule has 1 aliphatic rings. The summed E-state index contributed by atoms with van der Waals surface area (Å²) in [6, 6.07) is 8.01. The van der Waals surface area contributed by atoms with Crippen LogP contribution in [-0.2, 0) is 15.0 Å². The zero-order valence-corrected chi connectivity index (χ0v) is 11.7. The molecule has 0 radical (unpaired) electrons. The second-order valence-corrected chi connectivity index (χ2v) is 6.47. The fourth-order valence-corrected chi connectivity index (χ4v) is 2.70. The first kappa shape index (κ1) is 13.1. The molecule has 1 fully saturated rings. The number of carbonyl (C=O) groups is 2. The highest BCUT2D eigenvalue weighted by Crippen LogP contribution is 2.31. The van der Waals surface area contributed by atoms with Crippen LogP contribution < -0.4 is 0 Å². The first-order valence-electron chi connectivity index (χ1n) is 6.02. The van der Waals surface area contributed by atoms with E-state index in [0.717, 1.165) is 4.90 Å². The van der Waals surface area contributed by atoms with E-state index in [1.807, 2.05) is 18.2 Å². The average Bonchev–Trinajstić information content (AvgIpc) is 2.60. The Labute approximate surface area is 112 Å². The zero-order chi connectivity index (χ0) is 13.3. The van der Waals surface area contributed by atoms with Crippen LogP contribution in [0.4, 0.5) is 0 Å². The number of nitrogens with zero attached hydrogens (tertiary/aromatic N) is 1. The first-order valence-corrected chi connectivity index (χ1v) is 6.79. The Hall–Kier alpha value is -1.29. The van der Waals surface area contributed by atoms with Gasteiger partial charge in [-0.2, -0.15) is 0 Å². The fourth-order valence-electron chi connectivity index (χ4n) is 1.78. The summed E-state index contributed by atoms with van der Waals surface area (Å²) in [5.41, 5.74) is 1.27. The van der Waals surface area contributed by atoms with Crippen molar-refractivity contribution in [3.05, 3.63) is 29.8 Å². The van der Waals surface area contributed by atoms with Crippen molar-refractivity contribution in [2.45, 2.75) is 43.9 Å². The number of amides is 2. The quantitative estimate of drug-likeness (QED) is 0.607. The van der Waals surface area contributed by atoms with E-state index in [4.69, 9.17) is 0 Å². The van der Waals surface area contributed by atoms with Crippen molar-refractivity contribution in [2.75, 3.05) is 0 Å². The van der Waals surface area contributed by atoms with Gasteiger partial charge in [0.05, 0.1) is 0 Å². The predicted molar refractivity (Wildman–Crippen MR) is 72.1 cm³/mol. The number of hydrogen-bond donors (Lipinski definition) is 0. The van der Waals surface area contributed by atoms with Gasteiger partial charge in [-0.25, -0.2) is 4.31 Å². The summed E-state index contributed by atoms with van der Waals surface area (Å²) >= 11 is 1.23. The molecular weight excluding hydrogens is 246 g/mol. The number of carbonyl (C=O) groups excluding carboxylic acids is 2. The van der Waals surface area contributed by atoms with E-state index in [9.17, 15) is 9.59 Å². The molecule has 0 atom stereocenters. The minimum atomic E-state index is -0.0915. The van der Waals surface area contributed by atoms with Crippen molar-refractivity contribution < 1.29 is 9.59 Å². The Bertz CT molecular complexity index is 475. The lowest BCUT2D eigenvalue weighted by Gasteiger charge is -2.20. The molecule has 2 rings (SSSR count). The molecule has 2 amide bonds. The molecular formula is C14H17NO2S. The van der Waals surface area contributed by atoms with Crippen molar-refractivity contribution in [1.29, 1.82) is 0 Å². The van der Waals surface area contributed by atoms with Gasteiger partial charge in [0, 0.05) is 17.7 Å². The average molecular weight is 263 g/mol. The van der Waals surface area contributed by atoms with Crippen LogP contribution in [0.25, 0.3) is 0 Å². The summed E-state index contributed by atoms with van der Waals surface area (Å²) in [5.74, 6) is -0.183. The van der Waals surface area contributed by atoms with E-state index in [0.29, 0.717) is 12.8 Å². The van der Waals surface area contributed by atoms with E-state index in [1.54, 1.807) is 0 Å². The molecule has 0 aliphatic carbocycles. The van der Waals surface area contributed by atoms with Crippen LogP contribution in [0.15, 0.2) is 29.2 Å². The third-order valence-electron chi connectivity index (χ3n) is 2.90. The second-order valence-electron chi connectivity index (χ2n) is 5.45. The summed E-state index contributed by atoms with van der Waals surface area (Å²) in [4.78, 5) is 24.0. The van der Waals surface area contributed by atoms with E-state index in [1.165, 1.54) is 21.8 Å². The number of imide groups is 1. The molecule has 96 valence electrons. The molecule has 0 spiro atoms. The van der Waals surface area contributed by atoms with Gasteiger partial charge in [0.15, 0.2) is 0 Å². The Morgan fingerprint density at radius 2 is 1.72 bits per heavy atom. The Morgan fingerprint density at radius 1 is 1.11 bits per heavy atom. The predicted octanol–water partition coefficient (Wildman–Crippen LogP) is 3.14. The summed E-state index contributed by atoms with van der Waals surface area (Å²) < 4.78 is 1.28. The summed E-state index contributed by atoms with van der Waals surface area (Å²) in [7, 11) is 0. The molecule has 4 heteroatoms. The summed E-state index contributed by atoms with van der Waals surface area (Å²) in [6.07, 6.45) is 0.676. The van der Waals surface area contributed by atoms with Crippen LogP contribution in [0.1, 0.15) is 39.2 Å². The zero-order valence-electron chi connectivity index (χ0n) is 10.9. The van der Waals surface area contributed by atoms with Crippen LogP contribution in [-0.4, -0.2) is 16.1 Å². The minimum Gasteiger partial charge on any atom is -0.273 e. The molecule has 0 saturated carbocycles. The number of hydrogen-bond acceptors (Lipinski definition) is 3. The van der Waals surface area contributed by atoms with Crippen molar-refractivity contribution >= 4 is 23.8 Å². The normalized spacial score (nSPS) is 16.5. The van der Waals surface area contributed by atoms with Gasteiger partial charge >= 0.3 is 0 Å². The molecule has 1 aromatic carbocycles. The van der Waals surface area contributed by atoms with Gasteiger partial charge in [-0.15, -0.1) is 0 Å². The maximum atomic E-state index is 11.6. The van der Waals surface area contributed by atoms with E-state index in [-0.39, 0.29) is 17.2 Å². The van der Waals surface area contributed by atoms with Crippen molar-refractivity contribution in [3.63, 3.8) is 0 Å². The van der Waals surface area contributed by atoms with Crippen LogP contribution >= 0.6 is 11.9 Å². The molecule has 1 aromatic rings. The maximum Gasteiger partial charge on any atom is 0.240 e. The molecule has 3 nitrogen and oxygen atoms in total. The highest BCUT2D eigenvalue weighted by atomic mass is 32.2. The van der Waals surface area contributed by atoms with Crippen LogP contribution in [0.3, 0.4) is 0 Å². The molecule has 1 aliphatic heterocycles. The monoisotopic (exact) mass is 263 g/mol. The van der Waals surface area contributed by atoms with E-state index < -0.39 is 0 Å². The molecule has 0 unspecified atom stereocenters. The van der Waals surface area contributed by atoms with Gasteiger partial charge in [-0.05, 0) is 35.1 Å². The largest absolute Gasteiger partial charge is 0.273 e. The topological polar surface area (TPSA) is 37.4 Å². The molecule has 18 heavy (non-hydrogen) atoms. The molecule has 1 heterocycles. The maximum absolute atomic E-state index is 11.6. The Morgan fingerprint density at radius 3 is 2.28 bits per heavy atom. The van der Waals surface area contributed by atoms with Gasteiger partial charge in [0.1, 0.15) is 0 Å². The first-order chi connectivity index (χ1) is 8.38. The number of rotatable bonds is 2. The van der Waals surface area contributed by atoms with Gasteiger partial charge in [0.2, 0.25) is 11.8 Å². The number of benzene rings is 1. The van der Waals surface area contributed by atoms with Gasteiger partial charge in [0.25, 0.3) is 0 Å². The smallest absolute Gasteiger partial charge is 0.240 e. The van der Waals surface area contributed by atoms with Crippen LogP contribution in [0.5, 0.6) is 0 Å². The van der Waals surface area contributed by atoms with Crippen molar-refractivity contribution in [3.8, 4) is 0 Å². The SMILES string of the molecule is CC(C)(C)c1cccc(SN2C(=O)CCC2=O)c1. The Balaban J connectivity index is 2.20. The summed E-state index contributed by atoms with van der Waals surface area (Å²) in [5, 5.41) is 0. The summed E-state index contributed by atoms with van der Waals surface area (Å²) in [6.45, 7) is 6.43. The van der Waals surface area contributed by atoms with Crippen LogP contribution in [0, 0.1) is 0 Å². The lowest BCUT2D eigenvalue weighted by molar-refractivity contribution is -0.131. The van der Waals surface area contributed by atoms with E-state index in [2.05, 4.69) is 26.8 Å². The lowest BCUT2D eigenvalue weighted by Crippen LogP contribution is -2.21. The van der Waals surface area contributed by atoms with Gasteiger partial charge in [-0.3, -0.25) is 9.59 Å². The standard InChI is InChI=1S/C14H17NO2S/c1-14(2,3)10-5-4-6-11(9-10)18-15-12(16)7-8-13(15)17/h4-6,9H,7-8H2,1-3H3. The Kier molecular flexibility index (Phi) is 3.48. The van der Waals surface area contributed by atoms with Crippen molar-refractivity contribution in [2.24, 2.45) is 0 Å². The third kappa shape index (κ3) is 2.75. The molecule has 1 saturated heterocycles. The molecule has 0 aromatic heterocycles. The van der Waals surface area contributed by atoms with Gasteiger partial charge in [-0.1, -0.05) is 32.9 Å². The fraction of sp³-hybridized carbons (Fsp3) is 0.429. The molecule has 0 bridgehead atoms. The molecule has 0 N–H and O–H groups in total. The van der Waals surface area contributed by atoms with Crippen LogP contribution in [0.2, 0.25) is 0 Å². The minimum absolute atomic E-state index is 0.0651. The third-order valence-corrected chi connectivity index (χ3v) is 3.96. The lowest BCUT2D eigenvalue weighted by atomic mass is 9.87. The second kappa shape index (κ2) is 4.76. The van der Waals surface area contributed by atoms with Gasteiger partial charge < -0.3 is 0 Å². The highest BCUT2D eigenvalue weighted by molar-refractivity contribution is 7.98. The van der Waals surface area contributed by atoms with E-state index >= 15 is 0 Å². The van der Waals surface area contributed by atoms with Crippen molar-refractivity contribution in [1.82, 2.24) is 4.31 Å².